The molecule has 0 saturated heterocycles. The van der Waals surface area contributed by atoms with Gasteiger partial charge in [-0.05, 0) is 31.2 Å². The van der Waals surface area contributed by atoms with E-state index in [1.54, 1.807) is 6.07 Å². The molecule has 26 heavy (non-hydrogen) atoms. The molecule has 0 aliphatic carbocycles. The summed E-state index contributed by atoms with van der Waals surface area (Å²) < 4.78 is 44.8. The van der Waals surface area contributed by atoms with Crippen LogP contribution < -0.4 is 4.74 Å². The van der Waals surface area contributed by atoms with Crippen LogP contribution in [0, 0.1) is 0 Å². The van der Waals surface area contributed by atoms with E-state index < -0.39 is 11.7 Å². The molecule has 0 aliphatic heterocycles. The van der Waals surface area contributed by atoms with Crippen LogP contribution in [0.25, 0.3) is 22.5 Å². The van der Waals surface area contributed by atoms with Gasteiger partial charge in [0.15, 0.2) is 0 Å². The van der Waals surface area contributed by atoms with Crippen molar-refractivity contribution in [3.8, 4) is 28.3 Å². The third-order valence-corrected chi connectivity index (χ3v) is 4.23. The van der Waals surface area contributed by atoms with Gasteiger partial charge in [0, 0.05) is 27.7 Å². The maximum atomic E-state index is 12.8. The average molecular weight is 422 g/mol. The first-order valence-electron chi connectivity index (χ1n) is 7.95. The molecule has 0 spiro atoms. The molecule has 1 heterocycles. The van der Waals surface area contributed by atoms with Gasteiger partial charge in [0.1, 0.15) is 5.75 Å². The minimum Gasteiger partial charge on any atom is -0.494 e. The van der Waals surface area contributed by atoms with Gasteiger partial charge in [-0.15, -0.1) is 0 Å². The fraction of sp³-hybridized carbons (Fsp3) is 0.150. The number of alkyl halides is 3. The number of benzene rings is 2. The smallest absolute Gasteiger partial charge is 0.416 e. The van der Waals surface area contributed by atoms with Crippen molar-refractivity contribution in [3.05, 3.63) is 70.7 Å². The molecular weight excluding hydrogens is 407 g/mol. The fourth-order valence-corrected chi connectivity index (χ4v) is 2.93. The van der Waals surface area contributed by atoms with Crippen molar-refractivity contribution in [2.24, 2.45) is 0 Å². The second-order valence-electron chi connectivity index (χ2n) is 5.59. The molecule has 134 valence electrons. The van der Waals surface area contributed by atoms with Crippen molar-refractivity contribution in [1.82, 2.24) is 4.98 Å². The molecule has 3 aromatic rings. The highest BCUT2D eigenvalue weighted by atomic mass is 79.9. The average Bonchev–Trinajstić information content (AvgIpc) is 2.61. The summed E-state index contributed by atoms with van der Waals surface area (Å²) in [4.78, 5) is 4.61. The lowest BCUT2D eigenvalue weighted by molar-refractivity contribution is -0.137. The zero-order chi connectivity index (χ0) is 18.7. The first kappa shape index (κ1) is 18.5. The van der Waals surface area contributed by atoms with Crippen LogP contribution in [0.3, 0.4) is 0 Å². The maximum Gasteiger partial charge on any atom is 0.416 e. The summed E-state index contributed by atoms with van der Waals surface area (Å²) in [7, 11) is 0. The predicted molar refractivity (Wildman–Crippen MR) is 99.0 cm³/mol. The van der Waals surface area contributed by atoms with Crippen molar-refractivity contribution in [2.45, 2.75) is 13.1 Å². The van der Waals surface area contributed by atoms with Gasteiger partial charge < -0.3 is 4.74 Å². The summed E-state index contributed by atoms with van der Waals surface area (Å²) in [5.74, 6) is 0.618. The van der Waals surface area contributed by atoms with E-state index in [1.807, 2.05) is 37.3 Å². The van der Waals surface area contributed by atoms with Gasteiger partial charge in [-0.25, -0.2) is 4.98 Å². The Hall–Kier alpha value is -2.34. The molecule has 0 unspecified atom stereocenters. The molecule has 6 heteroatoms. The van der Waals surface area contributed by atoms with E-state index in [0.29, 0.717) is 29.3 Å². The van der Waals surface area contributed by atoms with Crippen LogP contribution in [0.1, 0.15) is 12.5 Å². The lowest BCUT2D eigenvalue weighted by Crippen LogP contribution is -2.04. The van der Waals surface area contributed by atoms with Gasteiger partial charge in [0.05, 0.1) is 23.6 Å². The van der Waals surface area contributed by atoms with Crippen LogP contribution in [-0.2, 0) is 6.18 Å². The van der Waals surface area contributed by atoms with E-state index in [4.69, 9.17) is 4.74 Å². The van der Waals surface area contributed by atoms with Crippen molar-refractivity contribution >= 4 is 15.9 Å². The summed E-state index contributed by atoms with van der Waals surface area (Å²) in [6.45, 7) is 2.35. The lowest BCUT2D eigenvalue weighted by atomic mass is 10.1. The Labute approximate surface area is 157 Å². The normalized spacial score (nSPS) is 11.4. The summed E-state index contributed by atoms with van der Waals surface area (Å²) >= 11 is 3.43. The molecule has 0 saturated carbocycles. The molecule has 0 bridgehead atoms. The molecule has 0 radical (unpaired) electrons. The number of nitrogens with zero attached hydrogens (tertiary/aromatic N) is 1. The number of pyridine rings is 1. The molecule has 1 aromatic heterocycles. The topological polar surface area (TPSA) is 22.1 Å². The van der Waals surface area contributed by atoms with Gasteiger partial charge in [-0.2, -0.15) is 13.2 Å². The Morgan fingerprint density at radius 2 is 1.58 bits per heavy atom. The Bertz CT molecular complexity index is 908. The van der Waals surface area contributed by atoms with E-state index >= 15 is 0 Å². The largest absolute Gasteiger partial charge is 0.494 e. The van der Waals surface area contributed by atoms with Crippen LogP contribution in [0.2, 0.25) is 0 Å². The molecule has 0 N–H and O–H groups in total. The zero-order valence-electron chi connectivity index (χ0n) is 13.8. The van der Waals surface area contributed by atoms with Gasteiger partial charge >= 0.3 is 6.18 Å². The molecule has 0 aliphatic rings. The van der Waals surface area contributed by atoms with Gasteiger partial charge in [0.2, 0.25) is 0 Å². The number of aromatic nitrogens is 1. The van der Waals surface area contributed by atoms with Crippen molar-refractivity contribution in [1.29, 1.82) is 0 Å². The molecule has 2 aromatic carbocycles. The summed E-state index contributed by atoms with van der Waals surface area (Å²) in [6, 6.07) is 16.2. The minimum atomic E-state index is -4.36. The van der Waals surface area contributed by atoms with Gasteiger partial charge in [-0.3, -0.25) is 0 Å². The SMILES string of the molecule is CCOc1cc(-c2ccc(C(F)(F)F)cc2)nc(-c2cccc(Br)c2)c1. The Morgan fingerprint density at radius 3 is 2.15 bits per heavy atom. The third kappa shape index (κ3) is 4.25. The van der Waals surface area contributed by atoms with Crippen molar-refractivity contribution < 1.29 is 17.9 Å². The second-order valence-corrected chi connectivity index (χ2v) is 6.51. The Kier molecular flexibility index (Phi) is 5.32. The van der Waals surface area contributed by atoms with Crippen molar-refractivity contribution in [3.63, 3.8) is 0 Å². The number of rotatable bonds is 4. The number of ether oxygens (including phenoxy) is 1. The maximum absolute atomic E-state index is 12.8. The lowest BCUT2D eigenvalue weighted by Gasteiger charge is -2.11. The number of hydrogen-bond donors (Lipinski definition) is 0. The number of hydrogen-bond acceptors (Lipinski definition) is 2. The molecular formula is C20H15BrF3NO. The molecule has 3 rings (SSSR count). The minimum absolute atomic E-state index is 0.481. The highest BCUT2D eigenvalue weighted by molar-refractivity contribution is 9.10. The first-order chi connectivity index (χ1) is 12.4. The summed E-state index contributed by atoms with van der Waals surface area (Å²) in [6.07, 6.45) is -4.36. The quantitative estimate of drug-likeness (QED) is 0.473. The Balaban J connectivity index is 2.06. The van der Waals surface area contributed by atoms with E-state index in [2.05, 4.69) is 20.9 Å². The van der Waals surface area contributed by atoms with E-state index in [0.717, 1.165) is 22.2 Å². The van der Waals surface area contributed by atoms with Crippen LogP contribution in [0.5, 0.6) is 5.75 Å². The van der Waals surface area contributed by atoms with E-state index in [1.165, 1.54) is 12.1 Å². The predicted octanol–water partition coefficient (Wildman–Crippen LogP) is 6.60. The monoisotopic (exact) mass is 421 g/mol. The fourth-order valence-electron chi connectivity index (χ4n) is 2.53. The highest BCUT2D eigenvalue weighted by Gasteiger charge is 2.30. The van der Waals surface area contributed by atoms with E-state index in [-0.39, 0.29) is 0 Å². The van der Waals surface area contributed by atoms with Crippen LogP contribution in [-0.4, -0.2) is 11.6 Å². The van der Waals surface area contributed by atoms with Crippen LogP contribution in [0.15, 0.2) is 65.1 Å². The van der Waals surface area contributed by atoms with E-state index in [9.17, 15) is 13.2 Å². The highest BCUT2D eigenvalue weighted by Crippen LogP contribution is 2.33. The summed E-state index contributed by atoms with van der Waals surface area (Å²) in [5, 5.41) is 0. The van der Waals surface area contributed by atoms with Gasteiger partial charge in [-0.1, -0.05) is 40.2 Å². The zero-order valence-corrected chi connectivity index (χ0v) is 15.4. The molecule has 0 fully saturated rings. The summed E-state index contributed by atoms with van der Waals surface area (Å²) in [5.41, 5.74) is 2.03. The van der Waals surface area contributed by atoms with Crippen molar-refractivity contribution in [2.75, 3.05) is 6.61 Å². The first-order valence-corrected chi connectivity index (χ1v) is 8.74. The second kappa shape index (κ2) is 7.50. The third-order valence-electron chi connectivity index (χ3n) is 3.74. The van der Waals surface area contributed by atoms with Gasteiger partial charge in [0.25, 0.3) is 0 Å². The standard InChI is InChI=1S/C20H15BrF3NO/c1-2-26-17-11-18(13-6-8-15(9-7-13)20(22,23)24)25-19(12-17)14-4-3-5-16(21)10-14/h3-12H,2H2,1H3. The number of halogens is 4. The molecule has 2 nitrogen and oxygen atoms in total. The van der Waals surface area contributed by atoms with Crippen LogP contribution in [0.4, 0.5) is 13.2 Å². The molecule has 0 atom stereocenters. The Morgan fingerprint density at radius 1 is 0.923 bits per heavy atom. The molecule has 0 amide bonds. The van der Waals surface area contributed by atoms with Crippen LogP contribution >= 0.6 is 15.9 Å².